The monoisotopic (exact) mass is 528 g/mol. The maximum atomic E-state index is 14.0. The smallest absolute Gasteiger partial charge is 0.356 e. The summed E-state index contributed by atoms with van der Waals surface area (Å²) in [5.41, 5.74) is -1.31. The third-order valence-electron chi connectivity index (χ3n) is 5.83. The van der Waals surface area contributed by atoms with Crippen LogP contribution in [-0.2, 0) is 16.2 Å². The summed E-state index contributed by atoms with van der Waals surface area (Å²) in [6, 6.07) is 9.41. The topological polar surface area (TPSA) is 105 Å². The molecule has 2 heterocycles. The molecule has 0 aliphatic carbocycles. The van der Waals surface area contributed by atoms with E-state index in [0.29, 0.717) is 0 Å². The summed E-state index contributed by atoms with van der Waals surface area (Å²) in [5, 5.41) is 7.23. The predicted octanol–water partition coefficient (Wildman–Crippen LogP) is 4.78. The summed E-state index contributed by atoms with van der Waals surface area (Å²) in [6.07, 6.45) is -5.51. The molecule has 0 radical (unpaired) electrons. The predicted molar refractivity (Wildman–Crippen MR) is 124 cm³/mol. The highest BCUT2D eigenvalue weighted by atomic mass is 32.2. The second-order valence-electron chi connectivity index (χ2n) is 8.45. The number of carbonyl (C=O) groups excluding carboxylic acids is 1. The van der Waals surface area contributed by atoms with Crippen LogP contribution in [0.2, 0.25) is 0 Å². The Morgan fingerprint density at radius 1 is 1.06 bits per heavy atom. The van der Waals surface area contributed by atoms with Crippen molar-refractivity contribution in [2.75, 3.05) is 23.3 Å². The number of fused-ring (bicyclic) bond motifs is 1. The Balaban J connectivity index is 1.82. The first kappa shape index (κ1) is 25.8. The zero-order valence-electron chi connectivity index (χ0n) is 18.6. The van der Waals surface area contributed by atoms with Gasteiger partial charge in [-0.05, 0) is 42.8 Å². The highest BCUT2D eigenvalue weighted by molar-refractivity contribution is 7.89. The van der Waals surface area contributed by atoms with E-state index in [2.05, 4.69) is 10.3 Å². The minimum Gasteiger partial charge on any atom is -0.356 e. The first-order valence-corrected chi connectivity index (χ1v) is 12.4. The lowest BCUT2D eigenvalue weighted by atomic mass is 10.0. The zero-order chi connectivity index (χ0) is 26.3. The summed E-state index contributed by atoms with van der Waals surface area (Å²) in [7, 11) is -4.08. The molecule has 192 valence electrons. The third-order valence-corrected chi connectivity index (χ3v) is 6.74. The number of pyridine rings is 1. The SMILES string of the molecule is NS(=O)(=O)c1cccc(NC(=O)c2cc3c(C(F)(F)F)cccc3nc2N2CCCC(F)(F)CC2)c1. The molecule has 1 fully saturated rings. The molecule has 0 bridgehead atoms. The van der Waals surface area contributed by atoms with Gasteiger partial charge in [-0.15, -0.1) is 0 Å². The number of hydrogen-bond acceptors (Lipinski definition) is 5. The van der Waals surface area contributed by atoms with E-state index in [1.807, 2.05) is 0 Å². The van der Waals surface area contributed by atoms with Gasteiger partial charge in [0, 0.05) is 37.0 Å². The fourth-order valence-electron chi connectivity index (χ4n) is 4.07. The molecule has 0 atom stereocenters. The van der Waals surface area contributed by atoms with Gasteiger partial charge in [0.25, 0.3) is 5.91 Å². The lowest BCUT2D eigenvalue weighted by Crippen LogP contribution is -2.29. The van der Waals surface area contributed by atoms with E-state index >= 15 is 0 Å². The van der Waals surface area contributed by atoms with Crippen LogP contribution in [-0.4, -0.2) is 38.3 Å². The number of amides is 1. The number of nitrogens with zero attached hydrogens (tertiary/aromatic N) is 2. The second-order valence-corrected chi connectivity index (χ2v) is 10.0. The number of halogens is 5. The Bertz CT molecular complexity index is 1430. The highest BCUT2D eigenvalue weighted by Gasteiger charge is 2.35. The van der Waals surface area contributed by atoms with Crippen molar-refractivity contribution >= 4 is 38.3 Å². The van der Waals surface area contributed by atoms with Crippen LogP contribution < -0.4 is 15.4 Å². The van der Waals surface area contributed by atoms with E-state index in [-0.39, 0.29) is 58.8 Å². The lowest BCUT2D eigenvalue weighted by Gasteiger charge is -2.25. The van der Waals surface area contributed by atoms with Crippen LogP contribution in [0.4, 0.5) is 33.5 Å². The normalized spacial score (nSPS) is 16.6. The van der Waals surface area contributed by atoms with E-state index in [1.54, 1.807) is 0 Å². The molecule has 1 saturated heterocycles. The van der Waals surface area contributed by atoms with Crippen molar-refractivity contribution < 1.29 is 35.2 Å². The Morgan fingerprint density at radius 2 is 1.78 bits per heavy atom. The molecule has 7 nitrogen and oxygen atoms in total. The van der Waals surface area contributed by atoms with E-state index in [4.69, 9.17) is 5.14 Å². The van der Waals surface area contributed by atoms with Crippen molar-refractivity contribution in [3.05, 3.63) is 59.7 Å². The number of nitrogens with one attached hydrogen (secondary N) is 1. The van der Waals surface area contributed by atoms with Gasteiger partial charge >= 0.3 is 6.18 Å². The van der Waals surface area contributed by atoms with Crippen molar-refractivity contribution in [2.45, 2.75) is 36.3 Å². The minimum atomic E-state index is -4.73. The molecule has 36 heavy (non-hydrogen) atoms. The summed E-state index contributed by atoms with van der Waals surface area (Å²) >= 11 is 0. The largest absolute Gasteiger partial charge is 0.417 e. The molecule has 3 aromatic rings. The summed E-state index contributed by atoms with van der Waals surface area (Å²) < 4.78 is 92.2. The molecule has 2 aromatic carbocycles. The zero-order valence-corrected chi connectivity index (χ0v) is 19.5. The number of rotatable bonds is 4. The first-order chi connectivity index (χ1) is 16.7. The van der Waals surface area contributed by atoms with Gasteiger partial charge in [-0.25, -0.2) is 27.3 Å². The summed E-state index contributed by atoms with van der Waals surface area (Å²) in [5.74, 6) is -3.84. The maximum Gasteiger partial charge on any atom is 0.417 e. The van der Waals surface area contributed by atoms with Gasteiger partial charge in [0.2, 0.25) is 15.9 Å². The summed E-state index contributed by atoms with van der Waals surface area (Å²) in [4.78, 5) is 18.7. The molecule has 1 aromatic heterocycles. The van der Waals surface area contributed by atoms with Crippen LogP contribution in [0.15, 0.2) is 53.4 Å². The van der Waals surface area contributed by atoms with Crippen molar-refractivity contribution in [3.63, 3.8) is 0 Å². The number of primary sulfonamides is 1. The molecule has 13 heteroatoms. The van der Waals surface area contributed by atoms with Crippen LogP contribution in [0, 0.1) is 0 Å². The number of benzene rings is 2. The number of sulfonamides is 1. The molecule has 0 unspecified atom stereocenters. The molecule has 1 aliphatic heterocycles. The number of aromatic nitrogens is 1. The minimum absolute atomic E-state index is 0.0177. The standard InChI is InChI=1S/C23H21F5N4O3S/c24-22(25)8-3-10-32(11-9-22)20-17(13-16-18(23(26,27)28)6-2-7-19(16)31-20)21(33)30-14-4-1-5-15(12-14)36(29,34)35/h1-2,4-7,12-13H,3,8-11H2,(H,30,33)(H2,29,34,35). The number of carbonyl (C=O) groups is 1. The van der Waals surface area contributed by atoms with E-state index in [9.17, 15) is 35.2 Å². The van der Waals surface area contributed by atoms with Gasteiger partial charge in [-0.1, -0.05) is 12.1 Å². The first-order valence-electron chi connectivity index (χ1n) is 10.8. The second kappa shape index (κ2) is 9.28. The summed E-state index contributed by atoms with van der Waals surface area (Å²) in [6.45, 7) is -0.0418. The number of anilines is 2. The Labute approximate surface area is 203 Å². The maximum absolute atomic E-state index is 14.0. The Hall–Kier alpha value is -3.32. The Kier molecular flexibility index (Phi) is 6.64. The number of nitrogens with two attached hydrogens (primary N) is 1. The van der Waals surface area contributed by atoms with Crippen LogP contribution in [0.5, 0.6) is 0 Å². The van der Waals surface area contributed by atoms with Gasteiger partial charge < -0.3 is 10.2 Å². The van der Waals surface area contributed by atoms with Crippen LogP contribution in [0.3, 0.4) is 0 Å². The van der Waals surface area contributed by atoms with Crippen LogP contribution >= 0.6 is 0 Å². The molecule has 1 amide bonds. The van der Waals surface area contributed by atoms with Crippen molar-refractivity contribution in [2.24, 2.45) is 5.14 Å². The molecular weight excluding hydrogens is 507 g/mol. The van der Waals surface area contributed by atoms with Crippen molar-refractivity contribution in [3.8, 4) is 0 Å². The van der Waals surface area contributed by atoms with Gasteiger partial charge in [-0.3, -0.25) is 4.79 Å². The quantitative estimate of drug-likeness (QED) is 0.475. The van der Waals surface area contributed by atoms with E-state index < -0.39 is 40.0 Å². The van der Waals surface area contributed by atoms with Crippen LogP contribution in [0.25, 0.3) is 10.9 Å². The fourth-order valence-corrected chi connectivity index (χ4v) is 4.63. The molecule has 4 rings (SSSR count). The van der Waals surface area contributed by atoms with Crippen molar-refractivity contribution in [1.82, 2.24) is 4.98 Å². The fraction of sp³-hybridized carbons (Fsp3) is 0.304. The van der Waals surface area contributed by atoms with Gasteiger partial charge in [0.05, 0.1) is 21.5 Å². The molecule has 3 N–H and O–H groups in total. The number of hydrogen-bond donors (Lipinski definition) is 2. The number of alkyl halides is 5. The van der Waals surface area contributed by atoms with Gasteiger partial charge in [-0.2, -0.15) is 13.2 Å². The van der Waals surface area contributed by atoms with Crippen LogP contribution in [0.1, 0.15) is 35.2 Å². The highest BCUT2D eigenvalue weighted by Crippen LogP contribution is 2.37. The van der Waals surface area contributed by atoms with Gasteiger partial charge in [0.1, 0.15) is 5.82 Å². The molecule has 1 aliphatic rings. The van der Waals surface area contributed by atoms with Crippen molar-refractivity contribution in [1.29, 1.82) is 0 Å². The third kappa shape index (κ3) is 5.57. The average Bonchev–Trinajstić information content (AvgIpc) is 2.97. The average molecular weight is 529 g/mol. The molecule has 0 saturated carbocycles. The van der Waals surface area contributed by atoms with E-state index in [0.717, 1.165) is 18.2 Å². The lowest BCUT2D eigenvalue weighted by molar-refractivity contribution is -0.136. The molecule has 0 spiro atoms. The Morgan fingerprint density at radius 3 is 2.47 bits per heavy atom. The van der Waals surface area contributed by atoms with E-state index in [1.165, 1.54) is 35.2 Å². The molecular formula is C23H21F5N4O3S. The van der Waals surface area contributed by atoms with Gasteiger partial charge in [0.15, 0.2) is 0 Å².